The quantitative estimate of drug-likeness (QED) is 0.799. The molecule has 1 saturated carbocycles. The first-order valence-electron chi connectivity index (χ1n) is 7.71. The third kappa shape index (κ3) is 2.20. The molecule has 5 nitrogen and oxygen atoms in total. The molecular weight excluding hydrogens is 300 g/mol. The Kier molecular flexibility index (Phi) is 3.82. The maximum absolute atomic E-state index is 12.7. The predicted molar refractivity (Wildman–Crippen MR) is 84.9 cm³/mol. The van der Waals surface area contributed by atoms with Crippen LogP contribution in [0, 0.1) is 18.3 Å². The maximum Gasteiger partial charge on any atom is 0.273 e. The largest absolute Gasteiger partial charge is 0.353 e. The summed E-state index contributed by atoms with van der Waals surface area (Å²) < 4.78 is 15.3. The summed E-state index contributed by atoms with van der Waals surface area (Å²) in [6.45, 7) is 7.11. The number of methoxy groups -OCH3 is 2. The van der Waals surface area contributed by atoms with Gasteiger partial charge in [-0.05, 0) is 30.4 Å². The Balaban J connectivity index is 1.76. The molecule has 1 amide bonds. The molecule has 0 radical (unpaired) electrons. The molecule has 1 aliphatic heterocycles. The summed E-state index contributed by atoms with van der Waals surface area (Å²) >= 11 is 1.38. The lowest BCUT2D eigenvalue weighted by Gasteiger charge is -2.68. The van der Waals surface area contributed by atoms with E-state index in [-0.39, 0.29) is 17.4 Å². The third-order valence-electron chi connectivity index (χ3n) is 5.17. The van der Waals surface area contributed by atoms with Crippen molar-refractivity contribution in [2.75, 3.05) is 20.8 Å². The van der Waals surface area contributed by atoms with Gasteiger partial charge in [-0.2, -0.15) is 4.37 Å². The highest BCUT2D eigenvalue weighted by Gasteiger charge is 2.67. The molecular formula is C16H24N2O3S. The lowest BCUT2D eigenvalue weighted by molar-refractivity contribution is -0.332. The van der Waals surface area contributed by atoms with E-state index in [9.17, 15) is 4.79 Å². The van der Waals surface area contributed by atoms with Gasteiger partial charge < -0.3 is 14.4 Å². The minimum absolute atomic E-state index is 0.0565. The van der Waals surface area contributed by atoms with Gasteiger partial charge in [0.15, 0.2) is 5.79 Å². The van der Waals surface area contributed by atoms with Crippen molar-refractivity contribution in [2.45, 2.75) is 45.4 Å². The minimum Gasteiger partial charge on any atom is -0.353 e. The van der Waals surface area contributed by atoms with Crippen molar-refractivity contribution in [1.29, 1.82) is 0 Å². The molecule has 0 bridgehead atoms. The summed E-state index contributed by atoms with van der Waals surface area (Å²) in [4.78, 5) is 15.7. The van der Waals surface area contributed by atoms with Gasteiger partial charge in [-0.25, -0.2) is 0 Å². The first-order chi connectivity index (χ1) is 10.4. The van der Waals surface area contributed by atoms with Crippen molar-refractivity contribution in [3.63, 3.8) is 0 Å². The van der Waals surface area contributed by atoms with Crippen molar-refractivity contribution >= 4 is 17.4 Å². The average molecular weight is 324 g/mol. The van der Waals surface area contributed by atoms with Gasteiger partial charge in [-0.1, -0.05) is 13.8 Å². The minimum atomic E-state index is -0.459. The van der Waals surface area contributed by atoms with Gasteiger partial charge in [0.1, 0.15) is 5.69 Å². The topological polar surface area (TPSA) is 51.7 Å². The average Bonchev–Trinajstić information content (AvgIpc) is 2.83. The molecule has 2 heterocycles. The smallest absolute Gasteiger partial charge is 0.273 e. The Morgan fingerprint density at radius 1 is 1.41 bits per heavy atom. The molecule has 2 aliphatic rings. The summed E-state index contributed by atoms with van der Waals surface area (Å²) in [6.07, 6.45) is 1.71. The fourth-order valence-corrected chi connectivity index (χ4v) is 4.88. The third-order valence-corrected chi connectivity index (χ3v) is 5.87. The standard InChI is InChI=1S/C16H24N2O3S/c1-10(2)13-15(7-16(8-15,20-4)21-5)9-18(13)14(19)12-6-11(3)22-17-12/h6,10,13H,7-9H2,1-5H3. The number of likely N-dealkylation sites (tertiary alicyclic amines) is 1. The zero-order valence-corrected chi connectivity index (χ0v) is 14.7. The highest BCUT2D eigenvalue weighted by Crippen LogP contribution is 2.61. The summed E-state index contributed by atoms with van der Waals surface area (Å²) in [6, 6.07) is 2.12. The lowest BCUT2D eigenvalue weighted by Crippen LogP contribution is -2.76. The van der Waals surface area contributed by atoms with Crippen molar-refractivity contribution in [1.82, 2.24) is 9.27 Å². The van der Waals surface area contributed by atoms with E-state index in [0.717, 1.165) is 24.3 Å². The second-order valence-corrected chi connectivity index (χ2v) is 7.99. The van der Waals surface area contributed by atoms with Crippen molar-refractivity contribution in [3.8, 4) is 0 Å². The number of aromatic nitrogens is 1. The number of rotatable bonds is 4. The summed E-state index contributed by atoms with van der Waals surface area (Å²) in [5.74, 6) is 0.00427. The van der Waals surface area contributed by atoms with Gasteiger partial charge in [0, 0.05) is 49.9 Å². The number of hydrogen-bond acceptors (Lipinski definition) is 5. The molecule has 0 aromatic carbocycles. The Bertz CT molecular complexity index is 572. The second kappa shape index (κ2) is 5.28. The van der Waals surface area contributed by atoms with E-state index in [0.29, 0.717) is 11.6 Å². The van der Waals surface area contributed by atoms with Crippen LogP contribution in [0.15, 0.2) is 6.07 Å². The number of aryl methyl sites for hydroxylation is 1. The molecule has 1 saturated heterocycles. The highest BCUT2D eigenvalue weighted by molar-refractivity contribution is 7.05. The second-order valence-electron chi connectivity index (χ2n) is 6.98. The molecule has 1 atom stereocenters. The predicted octanol–water partition coefficient (Wildman–Crippen LogP) is 2.70. The Morgan fingerprint density at radius 3 is 2.50 bits per heavy atom. The number of nitrogens with zero attached hydrogens (tertiary/aromatic N) is 2. The number of carbonyl (C=O) groups excluding carboxylic acids is 1. The zero-order valence-electron chi connectivity index (χ0n) is 13.9. The lowest BCUT2D eigenvalue weighted by atomic mass is 9.52. The van der Waals surface area contributed by atoms with Crippen LogP contribution in [0.2, 0.25) is 0 Å². The van der Waals surface area contributed by atoms with Crippen LogP contribution < -0.4 is 0 Å². The molecule has 122 valence electrons. The van der Waals surface area contributed by atoms with Crippen LogP contribution in [0.1, 0.15) is 42.1 Å². The van der Waals surface area contributed by atoms with Crippen molar-refractivity contribution in [2.24, 2.45) is 11.3 Å². The van der Waals surface area contributed by atoms with Crippen LogP contribution in [0.5, 0.6) is 0 Å². The number of hydrogen-bond donors (Lipinski definition) is 0. The summed E-state index contributed by atoms with van der Waals surface area (Å²) in [5, 5.41) is 0. The molecule has 2 fully saturated rings. The Morgan fingerprint density at radius 2 is 2.05 bits per heavy atom. The zero-order chi connectivity index (χ0) is 16.1. The van der Waals surface area contributed by atoms with Gasteiger partial charge in [-0.15, -0.1) is 0 Å². The van der Waals surface area contributed by atoms with E-state index in [2.05, 4.69) is 18.2 Å². The van der Waals surface area contributed by atoms with Crippen molar-refractivity contribution < 1.29 is 14.3 Å². The fraction of sp³-hybridized carbons (Fsp3) is 0.750. The van der Waals surface area contributed by atoms with Crippen LogP contribution in [0.3, 0.4) is 0 Å². The van der Waals surface area contributed by atoms with E-state index in [1.54, 1.807) is 14.2 Å². The van der Waals surface area contributed by atoms with Gasteiger partial charge in [0.25, 0.3) is 5.91 Å². The number of amides is 1. The fourth-order valence-electron chi connectivity index (χ4n) is 4.34. The van der Waals surface area contributed by atoms with E-state index < -0.39 is 5.79 Å². The van der Waals surface area contributed by atoms with Crippen LogP contribution >= 0.6 is 11.5 Å². The van der Waals surface area contributed by atoms with E-state index in [1.165, 1.54) is 11.5 Å². The van der Waals surface area contributed by atoms with Gasteiger partial charge in [-0.3, -0.25) is 4.79 Å². The first kappa shape index (κ1) is 15.9. The summed E-state index contributed by atoms with van der Waals surface area (Å²) in [5.41, 5.74) is 0.716. The van der Waals surface area contributed by atoms with Gasteiger partial charge in [0.05, 0.1) is 0 Å². The Labute approximate surface area is 135 Å². The SMILES string of the molecule is COC1(OC)CC2(CN(C(=O)c3cc(C)sn3)C2C(C)C)C1. The normalized spacial score (nSPS) is 25.2. The number of ether oxygens (including phenoxy) is 2. The van der Waals surface area contributed by atoms with E-state index >= 15 is 0 Å². The molecule has 1 aromatic rings. The molecule has 0 N–H and O–H groups in total. The number of carbonyl (C=O) groups is 1. The van der Waals surface area contributed by atoms with Gasteiger partial charge in [0.2, 0.25) is 0 Å². The monoisotopic (exact) mass is 324 g/mol. The molecule has 1 aromatic heterocycles. The molecule has 1 unspecified atom stereocenters. The molecule has 22 heavy (non-hydrogen) atoms. The van der Waals surface area contributed by atoms with Crippen molar-refractivity contribution in [3.05, 3.63) is 16.6 Å². The van der Waals surface area contributed by atoms with Gasteiger partial charge >= 0.3 is 0 Å². The first-order valence-corrected chi connectivity index (χ1v) is 8.48. The molecule has 3 rings (SSSR count). The van der Waals surface area contributed by atoms with Crippen LogP contribution in [-0.2, 0) is 9.47 Å². The molecule has 1 spiro atoms. The molecule has 6 heteroatoms. The van der Waals surface area contributed by atoms with Crippen LogP contribution in [0.25, 0.3) is 0 Å². The van der Waals surface area contributed by atoms with Crippen LogP contribution in [-0.4, -0.2) is 47.8 Å². The van der Waals surface area contributed by atoms with Crippen LogP contribution in [0.4, 0.5) is 0 Å². The highest BCUT2D eigenvalue weighted by atomic mass is 32.1. The van der Waals surface area contributed by atoms with E-state index in [1.807, 2.05) is 17.9 Å². The Hall–Kier alpha value is -0.980. The van der Waals surface area contributed by atoms with E-state index in [4.69, 9.17) is 9.47 Å². The maximum atomic E-state index is 12.7. The summed E-state index contributed by atoms with van der Waals surface area (Å²) in [7, 11) is 3.39. The molecule has 1 aliphatic carbocycles.